The van der Waals surface area contributed by atoms with E-state index >= 15 is 0 Å². The Balaban J connectivity index is 1.49. The zero-order valence-corrected chi connectivity index (χ0v) is 23.5. The number of nitrogens with zero attached hydrogens (tertiary/aromatic N) is 5. The van der Waals surface area contributed by atoms with Gasteiger partial charge in [0.05, 0.1) is 36.6 Å². The van der Waals surface area contributed by atoms with Gasteiger partial charge in [-0.15, -0.1) is 0 Å². The van der Waals surface area contributed by atoms with Crippen molar-refractivity contribution in [2.45, 2.75) is 19.6 Å². The molecule has 0 saturated carbocycles. The third-order valence-electron chi connectivity index (χ3n) is 7.33. The van der Waals surface area contributed by atoms with E-state index in [1.165, 1.54) is 17.1 Å². The van der Waals surface area contributed by atoms with E-state index in [1.54, 1.807) is 12.1 Å². The predicted molar refractivity (Wildman–Crippen MR) is 155 cm³/mol. The van der Waals surface area contributed by atoms with Crippen LogP contribution in [0.1, 0.15) is 27.8 Å². The van der Waals surface area contributed by atoms with Crippen molar-refractivity contribution in [3.8, 4) is 0 Å². The zero-order valence-electron chi connectivity index (χ0n) is 22.7. The maximum Gasteiger partial charge on any atom is 0.416 e. The highest BCUT2D eigenvalue weighted by atomic mass is 35.5. The van der Waals surface area contributed by atoms with Crippen LogP contribution in [0.4, 0.5) is 13.2 Å². The van der Waals surface area contributed by atoms with Crippen molar-refractivity contribution in [2.75, 3.05) is 32.8 Å². The second-order valence-electron chi connectivity index (χ2n) is 10.3. The number of amides is 1. The molecular weight excluding hydrogens is 567 g/mol. The van der Waals surface area contributed by atoms with E-state index in [0.29, 0.717) is 54.4 Å². The van der Waals surface area contributed by atoms with Crippen LogP contribution in [0.3, 0.4) is 0 Å². The number of aliphatic imine (C=N–C) groups is 1. The SMILES string of the molecule is Cc1ccc(C2=C(c3ccc(Cl)cc3)C3=NN(Cc4ccc(C(F)(F)F)cc4)C(=O)CN3C(N3CCOCC3)=N2)cc1. The van der Waals surface area contributed by atoms with Crippen molar-refractivity contribution in [3.63, 3.8) is 0 Å². The number of carbonyl (C=O) groups excluding carboxylic acids is 1. The first-order valence-electron chi connectivity index (χ1n) is 13.5. The highest BCUT2D eigenvalue weighted by Crippen LogP contribution is 2.37. The molecule has 1 saturated heterocycles. The topological polar surface area (TPSA) is 60.7 Å². The molecule has 11 heteroatoms. The summed E-state index contributed by atoms with van der Waals surface area (Å²) >= 11 is 6.23. The zero-order chi connectivity index (χ0) is 29.4. The van der Waals surface area contributed by atoms with Crippen molar-refractivity contribution in [3.05, 3.63) is 106 Å². The normalized spacial score (nSPS) is 17.7. The number of halogens is 4. The maximum absolute atomic E-state index is 13.5. The molecule has 1 amide bonds. The Hall–Kier alpha value is -4.15. The molecule has 0 spiro atoms. The lowest BCUT2D eigenvalue weighted by Crippen LogP contribution is -2.57. The minimum Gasteiger partial charge on any atom is -0.378 e. The van der Waals surface area contributed by atoms with Gasteiger partial charge in [-0.2, -0.15) is 18.3 Å². The summed E-state index contributed by atoms with van der Waals surface area (Å²) < 4.78 is 44.9. The van der Waals surface area contributed by atoms with Gasteiger partial charge in [0, 0.05) is 23.7 Å². The predicted octanol–water partition coefficient (Wildman–Crippen LogP) is 5.90. The number of fused-ring (bicyclic) bond motifs is 1. The third kappa shape index (κ3) is 5.64. The Morgan fingerprint density at radius 3 is 2.19 bits per heavy atom. The lowest BCUT2D eigenvalue weighted by atomic mass is 9.96. The molecule has 6 rings (SSSR count). The van der Waals surface area contributed by atoms with Crippen LogP contribution in [0, 0.1) is 6.92 Å². The Morgan fingerprint density at radius 2 is 1.55 bits per heavy atom. The first-order valence-corrected chi connectivity index (χ1v) is 13.9. The molecule has 0 radical (unpaired) electrons. The van der Waals surface area contributed by atoms with Crippen LogP contribution >= 0.6 is 11.6 Å². The van der Waals surface area contributed by atoms with Crippen molar-refractivity contribution < 1.29 is 22.7 Å². The summed E-state index contributed by atoms with van der Waals surface area (Å²) in [5.74, 6) is 0.831. The number of aryl methyl sites for hydroxylation is 1. The first-order chi connectivity index (χ1) is 20.2. The van der Waals surface area contributed by atoms with E-state index in [2.05, 4.69) is 4.90 Å². The number of morpholine rings is 1. The van der Waals surface area contributed by atoms with E-state index in [1.807, 2.05) is 48.2 Å². The highest BCUT2D eigenvalue weighted by molar-refractivity contribution is 6.36. The Labute approximate surface area is 246 Å². The monoisotopic (exact) mass is 593 g/mol. The molecule has 3 aliphatic rings. The van der Waals surface area contributed by atoms with E-state index in [-0.39, 0.29) is 19.0 Å². The van der Waals surface area contributed by atoms with Crippen LogP contribution in [-0.4, -0.2) is 65.4 Å². The van der Waals surface area contributed by atoms with Crippen molar-refractivity contribution >= 4 is 40.6 Å². The average Bonchev–Trinajstić information content (AvgIpc) is 2.98. The Kier molecular flexibility index (Phi) is 7.51. The Bertz CT molecular complexity index is 1580. The number of ether oxygens (including phenoxy) is 1. The number of benzene rings is 3. The second kappa shape index (κ2) is 11.3. The van der Waals surface area contributed by atoms with Gasteiger partial charge in [-0.25, -0.2) is 10.0 Å². The quantitative estimate of drug-likeness (QED) is 0.378. The van der Waals surface area contributed by atoms with Crippen LogP contribution < -0.4 is 0 Å². The number of carbonyl (C=O) groups is 1. The third-order valence-corrected chi connectivity index (χ3v) is 7.58. The van der Waals surface area contributed by atoms with Crippen molar-refractivity contribution in [2.24, 2.45) is 10.1 Å². The molecule has 1 fully saturated rings. The number of rotatable bonds is 4. The molecule has 0 unspecified atom stereocenters. The van der Waals surface area contributed by atoms with E-state index in [9.17, 15) is 18.0 Å². The summed E-state index contributed by atoms with van der Waals surface area (Å²) in [6, 6.07) is 20.2. The summed E-state index contributed by atoms with van der Waals surface area (Å²) in [4.78, 5) is 22.5. The lowest BCUT2D eigenvalue weighted by Gasteiger charge is -2.42. The summed E-state index contributed by atoms with van der Waals surface area (Å²) in [5.41, 5.74) is 3.99. The van der Waals surface area contributed by atoms with Gasteiger partial charge in [0.2, 0.25) is 5.96 Å². The number of hydrogen-bond donors (Lipinski definition) is 0. The molecule has 0 aromatic heterocycles. The summed E-state index contributed by atoms with van der Waals surface area (Å²) in [6.07, 6.45) is -4.44. The summed E-state index contributed by atoms with van der Waals surface area (Å²) in [7, 11) is 0. The van der Waals surface area contributed by atoms with Crippen molar-refractivity contribution in [1.82, 2.24) is 14.8 Å². The molecule has 0 bridgehead atoms. The number of guanidine groups is 1. The van der Waals surface area contributed by atoms with Gasteiger partial charge in [0.1, 0.15) is 6.54 Å². The number of hydrogen-bond acceptors (Lipinski definition) is 6. The molecular formula is C31H27ClF3N5O2. The molecule has 3 aromatic carbocycles. The minimum atomic E-state index is -4.44. The molecule has 7 nitrogen and oxygen atoms in total. The molecule has 0 aliphatic carbocycles. The fourth-order valence-corrected chi connectivity index (χ4v) is 5.22. The largest absolute Gasteiger partial charge is 0.416 e. The number of alkyl halides is 3. The van der Waals surface area contributed by atoms with Crippen LogP contribution in [-0.2, 0) is 22.3 Å². The van der Waals surface area contributed by atoms with Gasteiger partial charge < -0.3 is 9.64 Å². The van der Waals surface area contributed by atoms with Gasteiger partial charge in [-0.05, 0) is 42.3 Å². The van der Waals surface area contributed by atoms with Gasteiger partial charge in [0.25, 0.3) is 5.91 Å². The molecule has 3 aromatic rings. The van der Waals surface area contributed by atoms with Gasteiger partial charge >= 0.3 is 6.18 Å². The molecule has 3 heterocycles. The van der Waals surface area contributed by atoms with Gasteiger partial charge in [-0.1, -0.05) is 65.7 Å². The number of amidine groups is 1. The van der Waals surface area contributed by atoms with Crippen LogP contribution in [0.2, 0.25) is 5.02 Å². The van der Waals surface area contributed by atoms with E-state index in [0.717, 1.165) is 34.4 Å². The fraction of sp³-hybridized carbons (Fsp3) is 0.258. The lowest BCUT2D eigenvalue weighted by molar-refractivity contribution is -0.137. The summed E-state index contributed by atoms with van der Waals surface area (Å²) in [5, 5.41) is 6.74. The standard InChI is InChI=1S/C31H27ClF3N5O2/c1-20-2-6-23(7-3-20)28-27(22-8-12-25(32)13-9-22)29-37-40(18-21-4-10-24(11-5-21)31(33,34)35)26(41)19-39(29)30(36-28)38-14-16-42-17-15-38/h2-13H,14-19H2,1H3. The minimum absolute atomic E-state index is 0.0199. The van der Waals surface area contributed by atoms with Crippen molar-refractivity contribution in [1.29, 1.82) is 0 Å². The van der Waals surface area contributed by atoms with E-state index < -0.39 is 11.7 Å². The second-order valence-corrected chi connectivity index (χ2v) is 10.7. The fourth-order valence-electron chi connectivity index (χ4n) is 5.09. The molecule has 0 atom stereocenters. The van der Waals surface area contributed by atoms with Gasteiger partial charge in [-0.3, -0.25) is 9.69 Å². The Morgan fingerprint density at radius 1 is 0.905 bits per heavy atom. The molecule has 216 valence electrons. The van der Waals surface area contributed by atoms with E-state index in [4.69, 9.17) is 26.4 Å². The number of hydrazone groups is 1. The van der Waals surface area contributed by atoms with Crippen LogP contribution in [0.5, 0.6) is 0 Å². The first kappa shape index (κ1) is 28.0. The summed E-state index contributed by atoms with van der Waals surface area (Å²) in [6.45, 7) is 4.26. The van der Waals surface area contributed by atoms with Crippen LogP contribution in [0.25, 0.3) is 11.3 Å². The average molecular weight is 594 g/mol. The van der Waals surface area contributed by atoms with Gasteiger partial charge in [0.15, 0.2) is 5.84 Å². The van der Waals surface area contributed by atoms with Crippen LogP contribution in [0.15, 0.2) is 82.9 Å². The molecule has 42 heavy (non-hydrogen) atoms. The maximum atomic E-state index is 13.5. The highest BCUT2D eigenvalue weighted by Gasteiger charge is 2.39. The smallest absolute Gasteiger partial charge is 0.378 e. The molecule has 0 N–H and O–H groups in total. The molecule has 3 aliphatic heterocycles.